The lowest BCUT2D eigenvalue weighted by molar-refractivity contribution is 0.101. The number of benzene rings is 2. The molecule has 0 unspecified atom stereocenters. The molecule has 0 fully saturated rings. The molecule has 7 heteroatoms. The molecule has 1 aliphatic heterocycles. The van der Waals surface area contributed by atoms with Gasteiger partial charge in [-0.3, -0.25) is 9.69 Å². The van der Waals surface area contributed by atoms with E-state index in [0.717, 1.165) is 5.56 Å². The van der Waals surface area contributed by atoms with Crippen LogP contribution < -0.4 is 9.47 Å². The Morgan fingerprint density at radius 2 is 1.81 bits per heavy atom. The zero-order valence-electron chi connectivity index (χ0n) is 18.4. The molecule has 0 spiro atoms. The Kier molecular flexibility index (Phi) is 7.68. The summed E-state index contributed by atoms with van der Waals surface area (Å²) in [5.41, 5.74) is 2.53. The van der Waals surface area contributed by atoms with Crippen LogP contribution >= 0.6 is 0 Å². The Balaban J connectivity index is 1.94. The minimum Gasteiger partial charge on any atom is -0.507 e. The van der Waals surface area contributed by atoms with Crippen molar-refractivity contribution in [2.24, 2.45) is 0 Å². The number of methoxy groups -OCH3 is 3. The maximum atomic E-state index is 13.1. The molecule has 1 N–H and O–H groups in total. The first-order valence-electron chi connectivity index (χ1n) is 10.1. The minimum atomic E-state index is -0.197. The Morgan fingerprint density at radius 1 is 1.10 bits per heavy atom. The molecule has 0 saturated heterocycles. The maximum Gasteiger partial charge on any atom is 0.232 e. The van der Waals surface area contributed by atoms with E-state index in [1.54, 1.807) is 40.4 Å². The number of carbonyl (C=O) groups excluding carboxylic acids is 1. The van der Waals surface area contributed by atoms with Crippen molar-refractivity contribution in [1.29, 1.82) is 0 Å². The Hall–Kier alpha value is -2.87. The molecule has 31 heavy (non-hydrogen) atoms. The third-order valence-electron chi connectivity index (χ3n) is 5.22. The number of rotatable bonds is 10. The van der Waals surface area contributed by atoms with Crippen LogP contribution in [0.2, 0.25) is 0 Å². The van der Waals surface area contributed by atoms with Crippen LogP contribution in [0.15, 0.2) is 36.1 Å². The fraction of sp³-hybridized carbons (Fsp3) is 0.375. The number of fused-ring (bicyclic) bond motifs is 1. The summed E-state index contributed by atoms with van der Waals surface area (Å²) in [5, 5.41) is 10.7. The van der Waals surface area contributed by atoms with Crippen LogP contribution in [0.4, 0.5) is 0 Å². The second-order valence-electron chi connectivity index (χ2n) is 7.37. The van der Waals surface area contributed by atoms with E-state index in [2.05, 4.69) is 4.90 Å². The lowest BCUT2D eigenvalue weighted by Gasteiger charge is -2.23. The Bertz CT molecular complexity index is 961. The predicted molar refractivity (Wildman–Crippen MR) is 118 cm³/mol. The summed E-state index contributed by atoms with van der Waals surface area (Å²) >= 11 is 0. The van der Waals surface area contributed by atoms with Crippen LogP contribution in [0, 0.1) is 6.92 Å². The Morgan fingerprint density at radius 3 is 2.45 bits per heavy atom. The van der Waals surface area contributed by atoms with Crippen molar-refractivity contribution < 1.29 is 28.8 Å². The lowest BCUT2D eigenvalue weighted by atomic mass is 9.99. The largest absolute Gasteiger partial charge is 0.507 e. The van der Waals surface area contributed by atoms with E-state index in [1.165, 1.54) is 0 Å². The molecule has 0 radical (unpaired) electrons. The molecule has 0 atom stereocenters. The van der Waals surface area contributed by atoms with Crippen LogP contribution in [0.3, 0.4) is 0 Å². The van der Waals surface area contributed by atoms with Gasteiger partial charge in [0.2, 0.25) is 5.78 Å². The lowest BCUT2D eigenvalue weighted by Crippen LogP contribution is -2.30. The zero-order chi connectivity index (χ0) is 22.4. The van der Waals surface area contributed by atoms with Crippen molar-refractivity contribution in [3.8, 4) is 17.2 Å². The second-order valence-corrected chi connectivity index (χ2v) is 7.37. The second kappa shape index (κ2) is 10.4. The van der Waals surface area contributed by atoms with E-state index >= 15 is 0 Å². The molecule has 0 saturated carbocycles. The highest BCUT2D eigenvalue weighted by molar-refractivity contribution is 6.15. The number of hydrogen-bond donors (Lipinski definition) is 1. The zero-order valence-corrected chi connectivity index (χ0v) is 18.4. The van der Waals surface area contributed by atoms with Gasteiger partial charge >= 0.3 is 0 Å². The first-order chi connectivity index (χ1) is 15.0. The number of aryl methyl sites for hydroxylation is 1. The van der Waals surface area contributed by atoms with Crippen molar-refractivity contribution in [3.63, 3.8) is 0 Å². The molecule has 3 rings (SSSR count). The molecule has 166 valence electrons. The van der Waals surface area contributed by atoms with Gasteiger partial charge in [0.25, 0.3) is 0 Å². The van der Waals surface area contributed by atoms with Crippen LogP contribution in [-0.4, -0.2) is 63.4 Å². The highest BCUT2D eigenvalue weighted by atomic mass is 16.5. The first kappa shape index (κ1) is 22.8. The van der Waals surface area contributed by atoms with Crippen molar-refractivity contribution >= 4 is 11.9 Å². The molecule has 0 amide bonds. The summed E-state index contributed by atoms with van der Waals surface area (Å²) in [6.07, 6.45) is 1.69. The third-order valence-corrected chi connectivity index (χ3v) is 5.22. The summed E-state index contributed by atoms with van der Waals surface area (Å²) in [6.45, 7) is 4.59. The third kappa shape index (κ3) is 5.25. The molecular formula is C24H29NO6. The molecule has 1 heterocycles. The van der Waals surface area contributed by atoms with E-state index in [-0.39, 0.29) is 17.3 Å². The summed E-state index contributed by atoms with van der Waals surface area (Å²) in [6, 6.07) is 9.01. The number of phenols is 1. The fourth-order valence-corrected chi connectivity index (χ4v) is 3.55. The monoisotopic (exact) mass is 427 g/mol. The summed E-state index contributed by atoms with van der Waals surface area (Å²) in [4.78, 5) is 15.2. The van der Waals surface area contributed by atoms with Crippen LogP contribution in [0.1, 0.15) is 27.0 Å². The summed E-state index contributed by atoms with van der Waals surface area (Å²) < 4.78 is 21.7. The predicted octanol–water partition coefficient (Wildman–Crippen LogP) is 3.42. The summed E-state index contributed by atoms with van der Waals surface area (Å²) in [5.74, 6) is 1.23. The van der Waals surface area contributed by atoms with Crippen molar-refractivity contribution in [2.45, 2.75) is 13.5 Å². The van der Waals surface area contributed by atoms with Gasteiger partial charge in [0, 0.05) is 33.9 Å². The standard InChI is InChI=1S/C24H29NO6/c1-16-12-20(26)19(15-25(8-10-28-2)9-11-29-3)24-22(16)23(27)21(31-24)14-17-6-5-7-18(13-17)30-4/h5-7,12-14,26H,8-11,15H2,1-4H3/b21-14+. The van der Waals surface area contributed by atoms with Gasteiger partial charge in [-0.15, -0.1) is 0 Å². The summed E-state index contributed by atoms with van der Waals surface area (Å²) in [7, 11) is 4.89. The smallest absolute Gasteiger partial charge is 0.232 e. The van der Waals surface area contributed by atoms with Crippen LogP contribution in [0.5, 0.6) is 17.2 Å². The number of aromatic hydroxyl groups is 1. The van der Waals surface area contributed by atoms with Gasteiger partial charge in [0.15, 0.2) is 5.76 Å². The van der Waals surface area contributed by atoms with Gasteiger partial charge in [-0.25, -0.2) is 0 Å². The Labute approximate surface area is 182 Å². The quantitative estimate of drug-likeness (QED) is 0.582. The number of Topliss-reactive ketones (excluding diaryl/α,β-unsaturated/α-hetero) is 1. The minimum absolute atomic E-state index is 0.103. The van der Waals surface area contributed by atoms with E-state index in [1.807, 2.05) is 24.3 Å². The normalized spacial score (nSPS) is 14.2. The van der Waals surface area contributed by atoms with Crippen LogP contribution in [-0.2, 0) is 16.0 Å². The molecule has 7 nitrogen and oxygen atoms in total. The van der Waals surface area contributed by atoms with E-state index in [9.17, 15) is 9.90 Å². The van der Waals surface area contributed by atoms with Gasteiger partial charge in [0.05, 0.1) is 31.5 Å². The van der Waals surface area contributed by atoms with Gasteiger partial charge in [-0.05, 0) is 42.3 Å². The molecule has 2 aromatic rings. The van der Waals surface area contributed by atoms with Crippen molar-refractivity contribution in [1.82, 2.24) is 4.90 Å². The highest BCUT2D eigenvalue weighted by Crippen LogP contribution is 2.42. The number of hydrogen-bond acceptors (Lipinski definition) is 7. The molecule has 0 bridgehead atoms. The van der Waals surface area contributed by atoms with Gasteiger partial charge in [-0.2, -0.15) is 0 Å². The molecule has 0 aliphatic carbocycles. The topological polar surface area (TPSA) is 77.5 Å². The molecule has 2 aromatic carbocycles. The number of carbonyl (C=O) groups is 1. The van der Waals surface area contributed by atoms with Crippen LogP contribution in [0.25, 0.3) is 6.08 Å². The number of ether oxygens (including phenoxy) is 4. The van der Waals surface area contributed by atoms with E-state index in [4.69, 9.17) is 18.9 Å². The number of nitrogens with zero attached hydrogens (tertiary/aromatic N) is 1. The van der Waals surface area contributed by atoms with Crippen molar-refractivity contribution in [3.05, 3.63) is 58.3 Å². The first-order valence-corrected chi connectivity index (χ1v) is 10.1. The van der Waals surface area contributed by atoms with Crippen molar-refractivity contribution in [2.75, 3.05) is 47.6 Å². The average Bonchev–Trinajstić information content (AvgIpc) is 3.08. The SMILES string of the molecule is COCCN(CCOC)Cc1c(O)cc(C)c2c1O/C(=C/c1cccc(OC)c1)C2=O. The molecule has 1 aliphatic rings. The molecule has 0 aromatic heterocycles. The van der Waals surface area contributed by atoms with Gasteiger partial charge < -0.3 is 24.1 Å². The highest BCUT2D eigenvalue weighted by Gasteiger charge is 2.33. The van der Waals surface area contributed by atoms with E-state index < -0.39 is 0 Å². The van der Waals surface area contributed by atoms with E-state index in [0.29, 0.717) is 61.0 Å². The maximum absolute atomic E-state index is 13.1. The fourth-order valence-electron chi connectivity index (χ4n) is 3.55. The van der Waals surface area contributed by atoms with Gasteiger partial charge in [0.1, 0.15) is 17.2 Å². The number of allylic oxidation sites excluding steroid dienone is 1. The number of ketones is 1. The number of phenolic OH excluding ortho intramolecular Hbond substituents is 1. The average molecular weight is 427 g/mol. The van der Waals surface area contributed by atoms with Gasteiger partial charge in [-0.1, -0.05) is 12.1 Å². The molecular weight excluding hydrogens is 398 g/mol.